The number of carboxylic acids is 1. The maximum Gasteiger partial charge on any atom is 0.321 e. The topological polar surface area (TPSA) is 138 Å². The number of hydrogen-bond acceptors (Lipinski definition) is 6. The maximum absolute atomic E-state index is 12.7. The Morgan fingerprint density at radius 3 is 2.21 bits per heavy atom. The van der Waals surface area contributed by atoms with E-state index in [1.165, 1.54) is 30.7 Å². The number of halogens is 1. The normalized spacial score (nSPS) is 12.2. The van der Waals surface area contributed by atoms with Crippen LogP contribution in [0.3, 0.4) is 0 Å². The van der Waals surface area contributed by atoms with Crippen LogP contribution < -0.4 is 10.0 Å². The number of benzene rings is 2. The van der Waals surface area contributed by atoms with Crippen LogP contribution in [0, 0.1) is 0 Å². The molecule has 0 spiro atoms. The van der Waals surface area contributed by atoms with E-state index in [-0.39, 0.29) is 30.0 Å². The van der Waals surface area contributed by atoms with Gasteiger partial charge in [0.15, 0.2) is 0 Å². The number of carbonyl (C=O) groups excluding carboxylic acids is 1. The third-order valence-corrected chi connectivity index (χ3v) is 6.43. The summed E-state index contributed by atoms with van der Waals surface area (Å²) in [5.41, 5.74) is 1.79. The molecule has 3 aromatic rings. The molecule has 0 radical (unpaired) electrons. The molecule has 0 unspecified atom stereocenters. The van der Waals surface area contributed by atoms with Gasteiger partial charge in [0.2, 0.25) is 10.0 Å². The smallest absolute Gasteiger partial charge is 0.321 e. The third kappa shape index (κ3) is 6.82. The SMILES string of the molecule is O=C(NCCC[C@H](NS(=O)(=O)c1ccc(-c2ccc(Cl)cc2)cc1)C(=O)O)c1cnccn1. The summed E-state index contributed by atoms with van der Waals surface area (Å²) in [5, 5.41) is 12.6. The van der Waals surface area contributed by atoms with Crippen LogP contribution in [0.1, 0.15) is 23.3 Å². The summed E-state index contributed by atoms with van der Waals surface area (Å²) in [6.07, 6.45) is 4.35. The quantitative estimate of drug-likeness (QED) is 0.373. The molecule has 9 nitrogen and oxygen atoms in total. The lowest BCUT2D eigenvalue weighted by molar-refractivity contribution is -0.139. The first-order chi connectivity index (χ1) is 15.8. The molecule has 0 bridgehead atoms. The summed E-state index contributed by atoms with van der Waals surface area (Å²) in [7, 11) is -4.06. The summed E-state index contributed by atoms with van der Waals surface area (Å²) in [6, 6.07) is 11.8. The van der Waals surface area contributed by atoms with Crippen LogP contribution in [0.25, 0.3) is 11.1 Å². The van der Waals surface area contributed by atoms with Crippen LogP contribution in [0.15, 0.2) is 72.0 Å². The van der Waals surface area contributed by atoms with E-state index < -0.39 is 27.9 Å². The molecule has 0 aliphatic carbocycles. The molecule has 0 fully saturated rings. The van der Waals surface area contributed by atoms with E-state index >= 15 is 0 Å². The second-order valence-corrected chi connectivity index (χ2v) is 9.18. The highest BCUT2D eigenvalue weighted by Gasteiger charge is 2.25. The van der Waals surface area contributed by atoms with Crippen molar-refractivity contribution in [3.8, 4) is 11.1 Å². The van der Waals surface area contributed by atoms with Crippen molar-refractivity contribution in [1.82, 2.24) is 20.0 Å². The second kappa shape index (κ2) is 11.0. The number of hydrogen-bond donors (Lipinski definition) is 3. The molecule has 3 rings (SSSR count). The highest BCUT2D eigenvalue weighted by Crippen LogP contribution is 2.23. The minimum atomic E-state index is -4.06. The molecule has 0 aliphatic rings. The van der Waals surface area contributed by atoms with Gasteiger partial charge in [-0.1, -0.05) is 35.9 Å². The van der Waals surface area contributed by atoms with Gasteiger partial charge in [-0.15, -0.1) is 0 Å². The highest BCUT2D eigenvalue weighted by atomic mass is 35.5. The average Bonchev–Trinajstić information content (AvgIpc) is 2.82. The van der Waals surface area contributed by atoms with E-state index in [9.17, 15) is 23.1 Å². The molecular formula is C22H21ClN4O5S. The molecule has 33 heavy (non-hydrogen) atoms. The molecule has 1 amide bonds. The highest BCUT2D eigenvalue weighted by molar-refractivity contribution is 7.89. The van der Waals surface area contributed by atoms with Gasteiger partial charge < -0.3 is 10.4 Å². The molecule has 2 aromatic carbocycles. The molecule has 172 valence electrons. The molecule has 11 heteroatoms. The largest absolute Gasteiger partial charge is 0.480 e. The third-order valence-electron chi connectivity index (χ3n) is 4.69. The van der Waals surface area contributed by atoms with Crippen LogP contribution in [-0.4, -0.2) is 48.0 Å². The number of carboxylic acid groups (broad SMARTS) is 1. The Morgan fingerprint density at radius 2 is 1.64 bits per heavy atom. The van der Waals surface area contributed by atoms with Crippen molar-refractivity contribution in [2.45, 2.75) is 23.8 Å². The van der Waals surface area contributed by atoms with Crippen LogP contribution in [0.2, 0.25) is 5.02 Å². The molecule has 0 aliphatic heterocycles. The Hall–Kier alpha value is -3.34. The zero-order valence-electron chi connectivity index (χ0n) is 17.3. The lowest BCUT2D eigenvalue weighted by atomic mass is 10.1. The van der Waals surface area contributed by atoms with Gasteiger partial charge >= 0.3 is 5.97 Å². The molecule has 1 heterocycles. The molecule has 0 saturated carbocycles. The van der Waals surface area contributed by atoms with Gasteiger partial charge in [0.05, 0.1) is 11.1 Å². The maximum atomic E-state index is 12.7. The minimum absolute atomic E-state index is 0.0157. The van der Waals surface area contributed by atoms with Crippen LogP contribution in [0.4, 0.5) is 0 Å². The second-order valence-electron chi connectivity index (χ2n) is 7.03. The fourth-order valence-corrected chi connectivity index (χ4v) is 4.32. The summed E-state index contributed by atoms with van der Waals surface area (Å²) in [6.45, 7) is 0.150. The first-order valence-corrected chi connectivity index (χ1v) is 11.8. The van der Waals surface area contributed by atoms with Gasteiger partial charge in [0.1, 0.15) is 11.7 Å². The van der Waals surface area contributed by atoms with Gasteiger partial charge in [-0.2, -0.15) is 4.72 Å². The fraction of sp³-hybridized carbons (Fsp3) is 0.182. The van der Waals surface area contributed by atoms with E-state index in [0.717, 1.165) is 11.1 Å². The van der Waals surface area contributed by atoms with E-state index in [0.29, 0.717) is 5.02 Å². The summed E-state index contributed by atoms with van der Waals surface area (Å²) < 4.78 is 27.6. The summed E-state index contributed by atoms with van der Waals surface area (Å²) >= 11 is 5.89. The number of rotatable bonds is 10. The zero-order chi connectivity index (χ0) is 23.8. The van der Waals surface area contributed by atoms with Crippen molar-refractivity contribution >= 4 is 33.5 Å². The van der Waals surface area contributed by atoms with Crippen LogP contribution in [0.5, 0.6) is 0 Å². The standard InChI is InChI=1S/C22H21ClN4O5S/c23-17-7-3-15(4-8-17)16-5-9-18(10-6-16)33(31,32)27-19(22(29)30)2-1-11-26-21(28)20-14-24-12-13-25-20/h3-10,12-14,19,27H,1-2,11H2,(H,26,28)(H,29,30)/t19-/m0/s1. The lowest BCUT2D eigenvalue weighted by Crippen LogP contribution is -2.41. The van der Waals surface area contributed by atoms with Crippen molar-refractivity contribution in [3.63, 3.8) is 0 Å². The minimum Gasteiger partial charge on any atom is -0.480 e. The first-order valence-electron chi connectivity index (χ1n) is 9.91. The van der Waals surface area contributed by atoms with E-state index in [2.05, 4.69) is 20.0 Å². The van der Waals surface area contributed by atoms with E-state index in [1.807, 2.05) is 12.1 Å². The molecular weight excluding hydrogens is 468 g/mol. The first kappa shape index (κ1) is 24.3. The fourth-order valence-electron chi connectivity index (χ4n) is 2.97. The number of amides is 1. The summed E-state index contributed by atoms with van der Waals surface area (Å²) in [4.78, 5) is 31.1. The lowest BCUT2D eigenvalue weighted by Gasteiger charge is -2.15. The molecule has 0 saturated heterocycles. The van der Waals surface area contributed by atoms with Crippen molar-refractivity contribution in [2.24, 2.45) is 0 Å². The number of nitrogens with zero attached hydrogens (tertiary/aromatic N) is 2. The van der Waals surface area contributed by atoms with Crippen LogP contribution >= 0.6 is 11.6 Å². The van der Waals surface area contributed by atoms with Gasteiger partial charge in [-0.3, -0.25) is 14.6 Å². The van der Waals surface area contributed by atoms with Crippen molar-refractivity contribution < 1.29 is 23.1 Å². The Kier molecular flexibility index (Phi) is 8.10. The number of carbonyl (C=O) groups is 2. The Morgan fingerprint density at radius 1 is 1.00 bits per heavy atom. The Bertz CT molecular complexity index is 1200. The van der Waals surface area contributed by atoms with E-state index in [1.54, 1.807) is 24.3 Å². The Balaban J connectivity index is 1.58. The van der Waals surface area contributed by atoms with Crippen molar-refractivity contribution in [2.75, 3.05) is 6.54 Å². The van der Waals surface area contributed by atoms with E-state index in [4.69, 9.17) is 11.6 Å². The monoisotopic (exact) mass is 488 g/mol. The average molecular weight is 489 g/mol. The van der Waals surface area contributed by atoms with Gasteiger partial charge in [0.25, 0.3) is 5.91 Å². The molecule has 1 aromatic heterocycles. The number of sulfonamides is 1. The number of aromatic nitrogens is 2. The van der Waals surface area contributed by atoms with Crippen molar-refractivity contribution in [1.29, 1.82) is 0 Å². The van der Waals surface area contributed by atoms with Crippen molar-refractivity contribution in [3.05, 3.63) is 77.8 Å². The van der Waals surface area contributed by atoms with Gasteiger partial charge in [0, 0.05) is 24.0 Å². The number of nitrogens with one attached hydrogen (secondary N) is 2. The summed E-state index contributed by atoms with van der Waals surface area (Å²) in [5.74, 6) is -1.76. The predicted octanol–water partition coefficient (Wildman–Crippen LogP) is 2.74. The van der Waals surface area contributed by atoms with Crippen LogP contribution in [-0.2, 0) is 14.8 Å². The van der Waals surface area contributed by atoms with Gasteiger partial charge in [-0.05, 0) is 48.2 Å². The Labute approximate surface area is 195 Å². The van der Waals surface area contributed by atoms with Gasteiger partial charge in [-0.25, -0.2) is 13.4 Å². The molecule has 1 atom stereocenters. The number of aliphatic carboxylic acids is 1. The zero-order valence-corrected chi connectivity index (χ0v) is 18.9. The molecule has 3 N–H and O–H groups in total. The predicted molar refractivity (Wildman–Crippen MR) is 122 cm³/mol.